The zero-order valence-corrected chi connectivity index (χ0v) is 15.9. The van der Waals surface area contributed by atoms with Crippen LogP contribution in [0.4, 0.5) is 0 Å². The number of para-hydroxylation sites is 1. The van der Waals surface area contributed by atoms with Gasteiger partial charge in [0.2, 0.25) is 5.91 Å². The van der Waals surface area contributed by atoms with Crippen LogP contribution in [0.3, 0.4) is 0 Å². The SMILES string of the molecule is CCOc1ccccc1C(CC)NC(=O)CN1CC(C)CC(C(=O)O)C1. The van der Waals surface area contributed by atoms with Gasteiger partial charge in [-0.1, -0.05) is 32.0 Å². The molecule has 1 heterocycles. The lowest BCUT2D eigenvalue weighted by Crippen LogP contribution is -2.47. The van der Waals surface area contributed by atoms with Crippen molar-refractivity contribution in [3.8, 4) is 5.75 Å². The van der Waals surface area contributed by atoms with Crippen LogP contribution in [-0.4, -0.2) is 48.1 Å². The third-order valence-corrected chi connectivity index (χ3v) is 4.79. The summed E-state index contributed by atoms with van der Waals surface area (Å²) in [6.45, 7) is 7.98. The highest BCUT2D eigenvalue weighted by Crippen LogP contribution is 2.27. The fraction of sp³-hybridized carbons (Fsp3) is 0.600. The van der Waals surface area contributed by atoms with Gasteiger partial charge in [-0.2, -0.15) is 0 Å². The van der Waals surface area contributed by atoms with Crippen LogP contribution < -0.4 is 10.1 Å². The molecule has 1 aromatic rings. The molecular weight excluding hydrogens is 332 g/mol. The molecule has 2 rings (SSSR count). The van der Waals surface area contributed by atoms with Gasteiger partial charge >= 0.3 is 5.97 Å². The standard InChI is InChI=1S/C20H30N2O4/c1-4-17(16-8-6-7-9-18(16)26-5-2)21-19(23)13-22-11-14(3)10-15(12-22)20(24)25/h6-9,14-15,17H,4-5,10-13H2,1-3H3,(H,21,23)(H,24,25). The van der Waals surface area contributed by atoms with E-state index < -0.39 is 11.9 Å². The number of carbonyl (C=O) groups is 2. The minimum absolute atomic E-state index is 0.0820. The highest BCUT2D eigenvalue weighted by Gasteiger charge is 2.30. The van der Waals surface area contributed by atoms with Gasteiger partial charge in [-0.05, 0) is 31.7 Å². The zero-order chi connectivity index (χ0) is 19.1. The number of aliphatic carboxylic acids is 1. The molecule has 1 aliphatic heterocycles. The van der Waals surface area contributed by atoms with Crippen LogP contribution in [0.25, 0.3) is 0 Å². The molecule has 0 aromatic heterocycles. The van der Waals surface area contributed by atoms with Gasteiger partial charge in [0, 0.05) is 18.7 Å². The number of carboxylic acids is 1. The van der Waals surface area contributed by atoms with Crippen molar-refractivity contribution in [3.05, 3.63) is 29.8 Å². The molecule has 1 saturated heterocycles. The second kappa shape index (κ2) is 9.57. The number of nitrogens with zero attached hydrogens (tertiary/aromatic N) is 1. The minimum Gasteiger partial charge on any atom is -0.494 e. The molecule has 6 heteroatoms. The maximum Gasteiger partial charge on any atom is 0.307 e. The Morgan fingerprint density at radius 1 is 1.31 bits per heavy atom. The highest BCUT2D eigenvalue weighted by molar-refractivity contribution is 5.79. The summed E-state index contributed by atoms with van der Waals surface area (Å²) < 4.78 is 5.68. The molecule has 2 N–H and O–H groups in total. The van der Waals surface area contributed by atoms with Gasteiger partial charge in [0.15, 0.2) is 0 Å². The monoisotopic (exact) mass is 362 g/mol. The molecule has 3 unspecified atom stereocenters. The summed E-state index contributed by atoms with van der Waals surface area (Å²) in [4.78, 5) is 25.8. The van der Waals surface area contributed by atoms with Crippen molar-refractivity contribution in [2.45, 2.75) is 39.7 Å². The van der Waals surface area contributed by atoms with Gasteiger partial charge < -0.3 is 15.2 Å². The molecule has 3 atom stereocenters. The Kier molecular flexibility index (Phi) is 7.45. The maximum atomic E-state index is 12.6. The first kappa shape index (κ1) is 20.2. The predicted molar refractivity (Wildman–Crippen MR) is 100 cm³/mol. The number of hydrogen-bond acceptors (Lipinski definition) is 4. The molecule has 0 bridgehead atoms. The second-order valence-electron chi connectivity index (χ2n) is 7.07. The van der Waals surface area contributed by atoms with Crippen LogP contribution in [0, 0.1) is 11.8 Å². The first-order valence-corrected chi connectivity index (χ1v) is 9.40. The second-order valence-corrected chi connectivity index (χ2v) is 7.07. The Hall–Kier alpha value is -2.08. The van der Waals surface area contributed by atoms with Crippen molar-refractivity contribution in [3.63, 3.8) is 0 Å². The van der Waals surface area contributed by atoms with Gasteiger partial charge in [-0.3, -0.25) is 14.5 Å². The topological polar surface area (TPSA) is 78.9 Å². The van der Waals surface area contributed by atoms with Crippen LogP contribution in [0.5, 0.6) is 5.75 Å². The van der Waals surface area contributed by atoms with Crippen LogP contribution in [0.15, 0.2) is 24.3 Å². The summed E-state index contributed by atoms with van der Waals surface area (Å²) in [7, 11) is 0. The largest absolute Gasteiger partial charge is 0.494 e. The van der Waals surface area contributed by atoms with Crippen LogP contribution >= 0.6 is 0 Å². The van der Waals surface area contributed by atoms with E-state index in [1.807, 2.05) is 49.9 Å². The van der Waals surface area contributed by atoms with Crippen molar-refractivity contribution in [2.75, 3.05) is 26.2 Å². The predicted octanol–water partition coefficient (Wildman–Crippen LogP) is 2.70. The number of nitrogens with one attached hydrogen (secondary N) is 1. The number of rotatable bonds is 8. The number of benzene rings is 1. The van der Waals surface area contributed by atoms with Gasteiger partial charge in [-0.25, -0.2) is 0 Å². The van der Waals surface area contributed by atoms with E-state index in [9.17, 15) is 14.7 Å². The van der Waals surface area contributed by atoms with Crippen molar-refractivity contribution in [2.24, 2.45) is 11.8 Å². The van der Waals surface area contributed by atoms with Crippen LogP contribution in [0.1, 0.15) is 45.2 Å². The number of piperidine rings is 1. The summed E-state index contributed by atoms with van der Waals surface area (Å²) in [5.41, 5.74) is 0.973. The fourth-order valence-corrected chi connectivity index (χ4v) is 3.67. The van der Waals surface area contributed by atoms with Crippen LogP contribution in [0.2, 0.25) is 0 Å². The molecule has 1 aromatic carbocycles. The van der Waals surface area contributed by atoms with Crippen molar-refractivity contribution >= 4 is 11.9 Å². The number of likely N-dealkylation sites (tertiary alicyclic amines) is 1. The maximum absolute atomic E-state index is 12.6. The number of carbonyl (C=O) groups excluding carboxylic acids is 1. The molecular formula is C20H30N2O4. The summed E-state index contributed by atoms with van der Waals surface area (Å²) in [6.07, 6.45) is 1.43. The van der Waals surface area contributed by atoms with Gasteiger partial charge in [0.25, 0.3) is 0 Å². The van der Waals surface area contributed by atoms with Gasteiger partial charge in [0.1, 0.15) is 5.75 Å². The van der Waals surface area contributed by atoms with E-state index in [0.29, 0.717) is 19.6 Å². The van der Waals surface area contributed by atoms with Crippen molar-refractivity contribution in [1.29, 1.82) is 0 Å². The summed E-state index contributed by atoms with van der Waals surface area (Å²) in [6, 6.07) is 7.63. The fourth-order valence-electron chi connectivity index (χ4n) is 3.67. The third kappa shape index (κ3) is 5.46. The molecule has 144 valence electrons. The Morgan fingerprint density at radius 3 is 2.69 bits per heavy atom. The molecule has 1 amide bonds. The number of hydrogen-bond donors (Lipinski definition) is 2. The normalized spacial score (nSPS) is 21.8. The molecule has 26 heavy (non-hydrogen) atoms. The molecule has 1 aliphatic rings. The van der Waals surface area contributed by atoms with E-state index in [2.05, 4.69) is 5.32 Å². The summed E-state index contributed by atoms with van der Waals surface area (Å²) in [5.74, 6) is -0.189. The molecule has 0 spiro atoms. The zero-order valence-electron chi connectivity index (χ0n) is 15.9. The smallest absolute Gasteiger partial charge is 0.307 e. The molecule has 0 radical (unpaired) electrons. The van der Waals surface area contributed by atoms with Crippen molar-refractivity contribution < 1.29 is 19.4 Å². The number of ether oxygens (including phenoxy) is 1. The Balaban J connectivity index is 2.00. The average molecular weight is 362 g/mol. The lowest BCUT2D eigenvalue weighted by molar-refractivity contribution is -0.145. The first-order valence-electron chi connectivity index (χ1n) is 9.40. The molecule has 0 aliphatic carbocycles. The highest BCUT2D eigenvalue weighted by atomic mass is 16.5. The van der Waals surface area contributed by atoms with E-state index in [4.69, 9.17) is 4.74 Å². The van der Waals surface area contributed by atoms with E-state index in [1.54, 1.807) is 0 Å². The molecule has 6 nitrogen and oxygen atoms in total. The minimum atomic E-state index is -0.779. The van der Waals surface area contributed by atoms with Crippen molar-refractivity contribution in [1.82, 2.24) is 10.2 Å². The Labute approximate surface area is 155 Å². The molecule has 1 fully saturated rings. The quantitative estimate of drug-likeness (QED) is 0.743. The van der Waals surface area contributed by atoms with E-state index in [1.165, 1.54) is 0 Å². The summed E-state index contributed by atoms with van der Waals surface area (Å²) >= 11 is 0. The Morgan fingerprint density at radius 2 is 2.04 bits per heavy atom. The van der Waals surface area contributed by atoms with E-state index in [0.717, 1.165) is 24.3 Å². The number of carboxylic acid groups (broad SMARTS) is 1. The van der Waals surface area contributed by atoms with Gasteiger partial charge in [0.05, 0.1) is 25.1 Å². The summed E-state index contributed by atoms with van der Waals surface area (Å²) in [5, 5.41) is 12.4. The Bertz CT molecular complexity index is 620. The lowest BCUT2D eigenvalue weighted by Gasteiger charge is -2.34. The molecule has 0 saturated carbocycles. The average Bonchev–Trinajstić information content (AvgIpc) is 2.60. The van der Waals surface area contributed by atoms with E-state index in [-0.39, 0.29) is 24.4 Å². The third-order valence-electron chi connectivity index (χ3n) is 4.79. The van der Waals surface area contributed by atoms with Crippen LogP contribution in [-0.2, 0) is 9.59 Å². The van der Waals surface area contributed by atoms with Gasteiger partial charge in [-0.15, -0.1) is 0 Å². The van der Waals surface area contributed by atoms with E-state index >= 15 is 0 Å². The first-order chi connectivity index (χ1) is 12.4. The lowest BCUT2D eigenvalue weighted by atomic mass is 9.90. The number of amides is 1.